The molecule has 2 N–H and O–H groups in total. The van der Waals surface area contributed by atoms with Crippen molar-refractivity contribution in [3.63, 3.8) is 0 Å². The second-order valence-corrected chi connectivity index (χ2v) is 6.82. The molecule has 5 nitrogen and oxygen atoms in total. The minimum atomic E-state index is -0.392. The molecular weight excluding hydrogens is 343 g/mol. The molecule has 0 radical (unpaired) electrons. The van der Waals surface area contributed by atoms with E-state index < -0.39 is 5.82 Å². The third-order valence-electron chi connectivity index (χ3n) is 4.90. The monoisotopic (exact) mass is 370 g/mol. The number of anilines is 1. The van der Waals surface area contributed by atoms with Crippen LogP contribution in [-0.4, -0.2) is 68.1 Å². The van der Waals surface area contributed by atoms with Gasteiger partial charge in [0.05, 0.1) is 12.2 Å². The van der Waals surface area contributed by atoms with Crippen molar-refractivity contribution in [2.75, 3.05) is 57.7 Å². The fourth-order valence-corrected chi connectivity index (χ4v) is 3.53. The number of nitrogens with zero attached hydrogens (tertiary/aromatic N) is 2. The Balaban J connectivity index is 0.00000225. The predicted octanol–water partition coefficient (Wildman–Crippen LogP) is 1.80. The zero-order chi connectivity index (χ0) is 16.8. The molecule has 1 aromatic rings. The molecular formula is C18H28ClFN4O. The van der Waals surface area contributed by atoms with E-state index in [9.17, 15) is 9.18 Å². The van der Waals surface area contributed by atoms with Crippen molar-refractivity contribution < 1.29 is 9.18 Å². The van der Waals surface area contributed by atoms with Crippen molar-refractivity contribution in [2.24, 2.45) is 5.92 Å². The van der Waals surface area contributed by atoms with E-state index in [1.165, 1.54) is 18.9 Å². The second-order valence-electron chi connectivity index (χ2n) is 6.82. The van der Waals surface area contributed by atoms with Crippen LogP contribution in [0.25, 0.3) is 0 Å². The smallest absolute Gasteiger partial charge is 0.238 e. The van der Waals surface area contributed by atoms with Gasteiger partial charge in [-0.05, 0) is 44.0 Å². The summed E-state index contributed by atoms with van der Waals surface area (Å²) in [5.74, 6) is 0.219. The van der Waals surface area contributed by atoms with Gasteiger partial charge in [-0.25, -0.2) is 4.39 Å². The van der Waals surface area contributed by atoms with Crippen LogP contribution in [0.4, 0.5) is 10.1 Å². The molecule has 0 saturated carbocycles. The van der Waals surface area contributed by atoms with E-state index in [2.05, 4.69) is 20.4 Å². The van der Waals surface area contributed by atoms with Gasteiger partial charge in [-0.2, -0.15) is 0 Å². The SMILES string of the molecule is Cl.O=C(CN1CCN(CC2CCCNC2)CC1)Nc1ccccc1F. The van der Waals surface area contributed by atoms with Gasteiger partial charge in [0.1, 0.15) is 5.82 Å². The molecule has 2 heterocycles. The van der Waals surface area contributed by atoms with Crippen molar-refractivity contribution in [2.45, 2.75) is 12.8 Å². The molecule has 0 spiro atoms. The molecule has 1 amide bonds. The third kappa shape index (κ3) is 6.22. The molecule has 3 rings (SSSR count). The Bertz CT molecular complexity index is 546. The zero-order valence-corrected chi connectivity index (χ0v) is 15.4. The van der Waals surface area contributed by atoms with Crippen LogP contribution in [0.5, 0.6) is 0 Å². The number of carbonyl (C=O) groups excluding carboxylic acids is 1. The Morgan fingerprint density at radius 1 is 1.20 bits per heavy atom. The molecule has 2 aliphatic rings. The summed E-state index contributed by atoms with van der Waals surface area (Å²) in [7, 11) is 0. The number of benzene rings is 1. The lowest BCUT2D eigenvalue weighted by atomic mass is 9.99. The predicted molar refractivity (Wildman–Crippen MR) is 101 cm³/mol. The Morgan fingerprint density at radius 3 is 2.60 bits per heavy atom. The normalized spacial score (nSPS) is 22.2. The van der Waals surface area contributed by atoms with Crippen molar-refractivity contribution >= 4 is 24.0 Å². The summed E-state index contributed by atoms with van der Waals surface area (Å²) in [5.41, 5.74) is 0.255. The van der Waals surface area contributed by atoms with Crippen LogP contribution in [0.3, 0.4) is 0 Å². The van der Waals surface area contributed by atoms with E-state index in [0.717, 1.165) is 51.7 Å². The van der Waals surface area contributed by atoms with Gasteiger partial charge in [0.15, 0.2) is 0 Å². The van der Waals surface area contributed by atoms with E-state index in [4.69, 9.17) is 0 Å². The first-order valence-electron chi connectivity index (χ1n) is 8.90. The number of rotatable bonds is 5. The number of para-hydroxylation sites is 1. The summed E-state index contributed by atoms with van der Waals surface area (Å²) in [6.45, 7) is 7.56. The summed E-state index contributed by atoms with van der Waals surface area (Å²) in [6.07, 6.45) is 2.60. The lowest BCUT2D eigenvalue weighted by Gasteiger charge is -2.37. The van der Waals surface area contributed by atoms with Crippen LogP contribution in [0.15, 0.2) is 24.3 Å². The molecule has 2 saturated heterocycles. The highest BCUT2D eigenvalue weighted by atomic mass is 35.5. The maximum Gasteiger partial charge on any atom is 0.238 e. The topological polar surface area (TPSA) is 47.6 Å². The summed E-state index contributed by atoms with van der Waals surface area (Å²) < 4.78 is 13.6. The second kappa shape index (κ2) is 10.1. The molecule has 0 aromatic heterocycles. The fraction of sp³-hybridized carbons (Fsp3) is 0.611. The van der Waals surface area contributed by atoms with Gasteiger partial charge in [0.2, 0.25) is 5.91 Å². The first-order valence-corrected chi connectivity index (χ1v) is 8.90. The maximum atomic E-state index is 13.6. The Kier molecular flexibility index (Phi) is 8.09. The molecule has 1 atom stereocenters. The average Bonchev–Trinajstić information content (AvgIpc) is 2.60. The van der Waals surface area contributed by atoms with Crippen molar-refractivity contribution in [3.8, 4) is 0 Å². The van der Waals surface area contributed by atoms with Gasteiger partial charge < -0.3 is 15.5 Å². The largest absolute Gasteiger partial charge is 0.322 e. The number of piperazine rings is 1. The van der Waals surface area contributed by atoms with Crippen molar-refractivity contribution in [3.05, 3.63) is 30.1 Å². The number of piperidine rings is 1. The van der Waals surface area contributed by atoms with Gasteiger partial charge in [-0.1, -0.05) is 12.1 Å². The summed E-state index contributed by atoms with van der Waals surface area (Å²) in [6, 6.07) is 6.28. The summed E-state index contributed by atoms with van der Waals surface area (Å²) in [4.78, 5) is 16.7. The lowest BCUT2D eigenvalue weighted by Crippen LogP contribution is -2.50. The molecule has 2 aliphatic heterocycles. The molecule has 1 aromatic carbocycles. The third-order valence-corrected chi connectivity index (χ3v) is 4.90. The van der Waals surface area contributed by atoms with Gasteiger partial charge in [0, 0.05) is 32.7 Å². The molecule has 2 fully saturated rings. The van der Waals surface area contributed by atoms with Crippen molar-refractivity contribution in [1.82, 2.24) is 15.1 Å². The Morgan fingerprint density at radius 2 is 1.92 bits per heavy atom. The molecule has 140 valence electrons. The van der Waals surface area contributed by atoms with E-state index in [1.807, 2.05) is 0 Å². The highest BCUT2D eigenvalue weighted by Gasteiger charge is 2.22. The van der Waals surface area contributed by atoms with Crippen LogP contribution in [0, 0.1) is 11.7 Å². The highest BCUT2D eigenvalue weighted by Crippen LogP contribution is 2.14. The van der Waals surface area contributed by atoms with Gasteiger partial charge >= 0.3 is 0 Å². The fourth-order valence-electron chi connectivity index (χ4n) is 3.53. The summed E-state index contributed by atoms with van der Waals surface area (Å²) >= 11 is 0. The first kappa shape index (κ1) is 20.1. The first-order chi connectivity index (χ1) is 11.7. The summed E-state index contributed by atoms with van der Waals surface area (Å²) in [5, 5.41) is 6.12. The van der Waals surface area contributed by atoms with Crippen LogP contribution >= 0.6 is 12.4 Å². The van der Waals surface area contributed by atoms with Crippen LogP contribution in [0.2, 0.25) is 0 Å². The zero-order valence-electron chi connectivity index (χ0n) is 14.5. The lowest BCUT2D eigenvalue weighted by molar-refractivity contribution is -0.117. The quantitative estimate of drug-likeness (QED) is 0.829. The van der Waals surface area contributed by atoms with E-state index in [-0.39, 0.29) is 24.0 Å². The van der Waals surface area contributed by atoms with E-state index >= 15 is 0 Å². The number of hydrogen-bond donors (Lipinski definition) is 2. The maximum absolute atomic E-state index is 13.6. The van der Waals surface area contributed by atoms with Crippen LogP contribution < -0.4 is 10.6 Å². The molecule has 0 aliphatic carbocycles. The number of amides is 1. The Labute approximate surface area is 155 Å². The Hall–Kier alpha value is -1.21. The van der Waals surface area contributed by atoms with Gasteiger partial charge in [-0.3, -0.25) is 9.69 Å². The van der Waals surface area contributed by atoms with E-state index in [0.29, 0.717) is 6.54 Å². The molecule has 7 heteroatoms. The van der Waals surface area contributed by atoms with E-state index in [1.54, 1.807) is 18.2 Å². The van der Waals surface area contributed by atoms with Crippen molar-refractivity contribution in [1.29, 1.82) is 0 Å². The average molecular weight is 371 g/mol. The number of halogens is 2. The van der Waals surface area contributed by atoms with Crippen LogP contribution in [-0.2, 0) is 4.79 Å². The molecule has 1 unspecified atom stereocenters. The van der Waals surface area contributed by atoms with Crippen LogP contribution in [0.1, 0.15) is 12.8 Å². The highest BCUT2D eigenvalue weighted by molar-refractivity contribution is 5.92. The minimum Gasteiger partial charge on any atom is -0.322 e. The number of nitrogens with one attached hydrogen (secondary N) is 2. The molecule has 0 bridgehead atoms. The van der Waals surface area contributed by atoms with Gasteiger partial charge in [0.25, 0.3) is 0 Å². The number of hydrogen-bond acceptors (Lipinski definition) is 4. The number of carbonyl (C=O) groups is 1. The molecule has 25 heavy (non-hydrogen) atoms. The van der Waals surface area contributed by atoms with Gasteiger partial charge in [-0.15, -0.1) is 12.4 Å². The standard InChI is InChI=1S/C18H27FN4O.ClH/c19-16-5-1-2-6-17(16)21-18(24)14-23-10-8-22(9-11-23)13-15-4-3-7-20-12-15;/h1-2,5-6,15,20H,3-4,7-14H2,(H,21,24);1H. The minimum absolute atomic E-state index is 0.